The number of aryl methyl sites for hydroxylation is 2. The summed E-state index contributed by atoms with van der Waals surface area (Å²) in [6.07, 6.45) is 0. The fourth-order valence-corrected chi connectivity index (χ4v) is 9.86. The molecule has 0 radical (unpaired) electrons. The first-order valence-corrected chi connectivity index (χ1v) is 21.9. The fraction of sp³-hybridized carbons (Fsp3) is 0.250. The largest absolute Gasteiger partial charge is 0.309 e. The number of anilines is 6. The number of hydrogen-bond donors (Lipinski definition) is 0. The van der Waals surface area contributed by atoms with Crippen LogP contribution in [0.5, 0.6) is 0 Å². The third-order valence-corrected chi connectivity index (χ3v) is 13.2. The lowest BCUT2D eigenvalue weighted by Crippen LogP contribution is -2.61. The van der Waals surface area contributed by atoms with Gasteiger partial charge in [0.15, 0.2) is 0 Å². The van der Waals surface area contributed by atoms with Gasteiger partial charge in [-0.05, 0) is 141 Å². The molecule has 2 aliphatic heterocycles. The first-order chi connectivity index (χ1) is 29.3. The normalized spacial score (nSPS) is 13.8. The maximum absolute atomic E-state index is 16.8. The van der Waals surface area contributed by atoms with Gasteiger partial charge in [-0.1, -0.05) is 123 Å². The standard InChI is InChI=1S/C56H54BF2N3/c1-33-19-22-47(43(58)25-33)61-46-24-21-35(54(3,4)5)30-41(46)57-42-31-40-39-15-12-13-16-45(39)60(38-28-36(55(6,7)8)27-37(29-38)56(9,10)11)51(40)32-52(42)62(48-23-20-34(2)26-44(48)59)50-18-14-17-49(61)53(50)57/h12-32H,1-11H3. The average molecular weight is 818 g/mol. The number of nitrogens with zero attached hydrogens (tertiary/aromatic N) is 3. The van der Waals surface area contributed by atoms with Gasteiger partial charge in [0, 0.05) is 39.2 Å². The molecule has 2 aliphatic rings. The first-order valence-electron chi connectivity index (χ1n) is 21.9. The molecule has 0 fully saturated rings. The quantitative estimate of drug-likeness (QED) is 0.165. The molecule has 0 unspecified atom stereocenters. The molecule has 0 bridgehead atoms. The van der Waals surface area contributed by atoms with Crippen molar-refractivity contribution in [2.24, 2.45) is 0 Å². The minimum atomic E-state index is -0.298. The zero-order valence-corrected chi connectivity index (χ0v) is 37.8. The molecule has 62 heavy (non-hydrogen) atoms. The van der Waals surface area contributed by atoms with Crippen LogP contribution in [0.4, 0.5) is 42.9 Å². The maximum atomic E-state index is 16.8. The number of hydrogen-bond acceptors (Lipinski definition) is 2. The zero-order chi connectivity index (χ0) is 43.8. The van der Waals surface area contributed by atoms with Gasteiger partial charge >= 0.3 is 0 Å². The molecule has 0 saturated heterocycles. The summed E-state index contributed by atoms with van der Waals surface area (Å²) in [6.45, 7) is 24.0. The van der Waals surface area contributed by atoms with Crippen molar-refractivity contribution in [3.63, 3.8) is 0 Å². The van der Waals surface area contributed by atoms with Gasteiger partial charge in [0.05, 0.1) is 22.4 Å². The summed E-state index contributed by atoms with van der Waals surface area (Å²) < 4.78 is 35.6. The van der Waals surface area contributed by atoms with Crippen molar-refractivity contribution in [1.29, 1.82) is 0 Å². The van der Waals surface area contributed by atoms with Crippen LogP contribution in [0.3, 0.4) is 0 Å². The summed E-state index contributed by atoms with van der Waals surface area (Å²) >= 11 is 0. The van der Waals surface area contributed by atoms with Crippen molar-refractivity contribution < 1.29 is 8.78 Å². The first kappa shape index (κ1) is 40.0. The van der Waals surface area contributed by atoms with E-state index in [1.807, 2.05) is 44.2 Å². The van der Waals surface area contributed by atoms with E-state index >= 15 is 8.78 Å². The van der Waals surface area contributed by atoms with Gasteiger partial charge in [0.25, 0.3) is 6.71 Å². The summed E-state index contributed by atoms with van der Waals surface area (Å²) in [7, 11) is 0. The van der Waals surface area contributed by atoms with Gasteiger partial charge in [0.2, 0.25) is 0 Å². The van der Waals surface area contributed by atoms with Crippen LogP contribution in [-0.4, -0.2) is 11.3 Å². The Morgan fingerprint density at radius 3 is 1.52 bits per heavy atom. The Hall–Kier alpha value is -6.14. The zero-order valence-electron chi connectivity index (χ0n) is 37.8. The molecule has 0 aliphatic carbocycles. The van der Waals surface area contributed by atoms with E-state index in [9.17, 15) is 0 Å². The molecule has 3 nitrogen and oxygen atoms in total. The molecule has 0 N–H and O–H groups in total. The summed E-state index contributed by atoms with van der Waals surface area (Å²) in [5.74, 6) is -0.586. The van der Waals surface area contributed by atoms with Gasteiger partial charge < -0.3 is 14.4 Å². The van der Waals surface area contributed by atoms with Gasteiger partial charge in [-0.2, -0.15) is 0 Å². The van der Waals surface area contributed by atoms with E-state index < -0.39 is 0 Å². The lowest BCUT2D eigenvalue weighted by Gasteiger charge is -2.44. The predicted molar refractivity (Wildman–Crippen MR) is 260 cm³/mol. The van der Waals surface area contributed by atoms with Crippen LogP contribution in [0.15, 0.2) is 127 Å². The highest BCUT2D eigenvalue weighted by atomic mass is 19.1. The van der Waals surface area contributed by atoms with Crippen molar-refractivity contribution in [2.45, 2.75) is 92.4 Å². The van der Waals surface area contributed by atoms with Gasteiger partial charge in [0.1, 0.15) is 11.6 Å². The van der Waals surface area contributed by atoms with Crippen LogP contribution in [-0.2, 0) is 16.2 Å². The molecule has 0 spiro atoms. The van der Waals surface area contributed by atoms with Crippen molar-refractivity contribution in [1.82, 2.24) is 4.57 Å². The lowest BCUT2D eigenvalue weighted by atomic mass is 9.33. The smallest absolute Gasteiger partial charge is 0.252 e. The lowest BCUT2D eigenvalue weighted by molar-refractivity contribution is 0.568. The molecule has 8 aromatic rings. The molecule has 0 amide bonds. The monoisotopic (exact) mass is 817 g/mol. The molecular weight excluding hydrogens is 763 g/mol. The summed E-state index contributed by atoms with van der Waals surface area (Å²) in [4.78, 5) is 4.20. The summed E-state index contributed by atoms with van der Waals surface area (Å²) in [5.41, 5.74) is 16.2. The average Bonchev–Trinajstić information content (AvgIpc) is 3.53. The highest BCUT2D eigenvalue weighted by Crippen LogP contribution is 2.47. The number of rotatable bonds is 3. The molecule has 0 atom stereocenters. The van der Waals surface area contributed by atoms with Crippen molar-refractivity contribution in [3.05, 3.63) is 167 Å². The van der Waals surface area contributed by atoms with E-state index in [2.05, 4.69) is 162 Å². The summed E-state index contributed by atoms with van der Waals surface area (Å²) in [6, 6.07) is 44.4. The molecule has 7 aromatic carbocycles. The van der Waals surface area contributed by atoms with Gasteiger partial charge in [-0.25, -0.2) is 8.78 Å². The van der Waals surface area contributed by atoms with E-state index in [1.165, 1.54) is 16.7 Å². The predicted octanol–water partition coefficient (Wildman–Crippen LogP) is 13.7. The summed E-state index contributed by atoms with van der Waals surface area (Å²) in [5, 5.41) is 2.28. The number of para-hydroxylation sites is 1. The van der Waals surface area contributed by atoms with Crippen LogP contribution in [0.1, 0.15) is 90.1 Å². The van der Waals surface area contributed by atoms with Crippen LogP contribution in [0, 0.1) is 25.5 Å². The molecule has 6 heteroatoms. The number of halogens is 2. The molecule has 1 aromatic heterocycles. The Labute approximate surface area is 365 Å². The second-order valence-corrected chi connectivity index (χ2v) is 20.8. The van der Waals surface area contributed by atoms with Gasteiger partial charge in [-0.3, -0.25) is 0 Å². The maximum Gasteiger partial charge on any atom is 0.252 e. The third-order valence-electron chi connectivity index (χ3n) is 13.2. The minimum Gasteiger partial charge on any atom is -0.309 e. The molecule has 310 valence electrons. The van der Waals surface area contributed by atoms with Crippen molar-refractivity contribution in [3.8, 4) is 5.69 Å². The van der Waals surface area contributed by atoms with E-state index in [0.29, 0.717) is 11.4 Å². The Bertz CT molecular complexity index is 3120. The number of benzene rings is 7. The molecule has 0 saturated carbocycles. The Morgan fingerprint density at radius 2 is 0.952 bits per heavy atom. The topological polar surface area (TPSA) is 11.4 Å². The molecule has 10 rings (SSSR count). The van der Waals surface area contributed by atoms with Crippen LogP contribution in [0.2, 0.25) is 0 Å². The SMILES string of the molecule is Cc1ccc(N2c3ccc(C(C)(C)C)cc3B3c4cc5c6ccccc6n(-c6cc(C(C)(C)C)cc(C(C)(C)C)c6)c5cc4N(c4ccc(C)cc4F)c4cccc2c43)c(F)c1. The van der Waals surface area contributed by atoms with E-state index in [0.717, 1.165) is 77.8 Å². The van der Waals surface area contributed by atoms with Crippen molar-refractivity contribution >= 4 is 79.0 Å². The number of aromatic nitrogens is 1. The van der Waals surface area contributed by atoms with Gasteiger partial charge in [-0.15, -0.1) is 0 Å². The second-order valence-electron chi connectivity index (χ2n) is 20.8. The van der Waals surface area contributed by atoms with E-state index in [4.69, 9.17) is 0 Å². The van der Waals surface area contributed by atoms with Crippen LogP contribution in [0.25, 0.3) is 27.5 Å². The fourth-order valence-electron chi connectivity index (χ4n) is 9.86. The Morgan fingerprint density at radius 1 is 0.419 bits per heavy atom. The van der Waals surface area contributed by atoms with E-state index in [-0.39, 0.29) is 34.6 Å². The minimum absolute atomic E-state index is 0.0786. The Kier molecular flexibility index (Phi) is 8.82. The van der Waals surface area contributed by atoms with Crippen LogP contribution >= 0.6 is 0 Å². The molecule has 3 heterocycles. The second kappa shape index (κ2) is 13.7. The van der Waals surface area contributed by atoms with Crippen molar-refractivity contribution in [2.75, 3.05) is 9.80 Å². The highest BCUT2D eigenvalue weighted by molar-refractivity contribution is 7.00. The third kappa shape index (κ3) is 6.20. The van der Waals surface area contributed by atoms with E-state index in [1.54, 1.807) is 12.1 Å². The van der Waals surface area contributed by atoms with Crippen LogP contribution < -0.4 is 26.2 Å². The molecular formula is C56H54BF2N3. The Balaban J connectivity index is 1.35. The highest BCUT2D eigenvalue weighted by Gasteiger charge is 2.45. The number of fused-ring (bicyclic) bond motifs is 7.